The Morgan fingerprint density at radius 2 is 2.00 bits per heavy atom. The topological polar surface area (TPSA) is 90.9 Å². The van der Waals surface area contributed by atoms with Crippen molar-refractivity contribution >= 4 is 29.0 Å². The second kappa shape index (κ2) is 6.45. The van der Waals surface area contributed by atoms with Crippen LogP contribution in [0, 0.1) is 0 Å². The zero-order valence-corrected chi connectivity index (χ0v) is 13.1. The fraction of sp³-hybridized carbons (Fsp3) is 0.111. The second-order valence-electron chi connectivity index (χ2n) is 5.36. The number of benzene rings is 1. The van der Waals surface area contributed by atoms with Crippen LogP contribution in [0.4, 0.5) is 0 Å². The van der Waals surface area contributed by atoms with Gasteiger partial charge in [0.25, 0.3) is 5.56 Å². The number of nitrogens with zero attached hydrogens (tertiary/aromatic N) is 3. The molecule has 0 aliphatic rings. The van der Waals surface area contributed by atoms with E-state index in [1.807, 2.05) is 18.2 Å². The molecule has 2 N–H and O–H groups in total. The van der Waals surface area contributed by atoms with Crippen molar-refractivity contribution in [1.29, 1.82) is 0 Å². The smallest absolute Gasteiger partial charge is 0.262 e. The van der Waals surface area contributed by atoms with Crippen LogP contribution < -0.4 is 11.3 Å². The van der Waals surface area contributed by atoms with Crippen LogP contribution in [-0.2, 0) is 4.79 Å². The molecule has 1 unspecified atom stereocenters. The number of hydrogen-bond acceptors (Lipinski definition) is 4. The lowest BCUT2D eigenvalue weighted by molar-refractivity contribution is -0.120. The Bertz CT molecular complexity index is 977. The number of para-hydroxylation sites is 1. The van der Waals surface area contributed by atoms with Gasteiger partial charge in [-0.05, 0) is 42.8 Å². The van der Waals surface area contributed by atoms with Gasteiger partial charge < -0.3 is 5.73 Å². The van der Waals surface area contributed by atoms with Crippen molar-refractivity contribution in [3.8, 4) is 0 Å². The Morgan fingerprint density at radius 3 is 2.71 bits per heavy atom. The molecular formula is C18H16N4O2. The molecule has 3 rings (SSSR count). The fourth-order valence-corrected chi connectivity index (χ4v) is 2.43. The summed E-state index contributed by atoms with van der Waals surface area (Å²) in [5.74, 6) is -0.223. The van der Waals surface area contributed by atoms with Crippen LogP contribution in [0.1, 0.15) is 24.4 Å². The van der Waals surface area contributed by atoms with Crippen LogP contribution in [0.3, 0.4) is 0 Å². The first kappa shape index (κ1) is 15.6. The van der Waals surface area contributed by atoms with Crippen LogP contribution in [0.2, 0.25) is 0 Å². The molecule has 0 radical (unpaired) electrons. The number of amides is 1. The predicted molar refractivity (Wildman–Crippen MR) is 93.1 cm³/mol. The summed E-state index contributed by atoms with van der Waals surface area (Å²) in [5, 5.41) is 0.448. The van der Waals surface area contributed by atoms with Crippen molar-refractivity contribution in [3.63, 3.8) is 0 Å². The number of pyridine rings is 1. The van der Waals surface area contributed by atoms with Crippen molar-refractivity contribution in [2.75, 3.05) is 0 Å². The first-order valence-electron chi connectivity index (χ1n) is 7.46. The molecule has 1 amide bonds. The third kappa shape index (κ3) is 2.94. The van der Waals surface area contributed by atoms with E-state index in [4.69, 9.17) is 5.73 Å². The zero-order valence-electron chi connectivity index (χ0n) is 13.1. The summed E-state index contributed by atoms with van der Waals surface area (Å²) in [6, 6.07) is 9.90. The lowest BCUT2D eigenvalue weighted by Crippen LogP contribution is -2.34. The first-order chi connectivity index (χ1) is 11.6. The summed E-state index contributed by atoms with van der Waals surface area (Å²) in [6.45, 7) is 1.58. The number of rotatable bonds is 4. The van der Waals surface area contributed by atoms with E-state index in [9.17, 15) is 9.59 Å². The van der Waals surface area contributed by atoms with Crippen LogP contribution in [0.15, 0.2) is 53.6 Å². The molecule has 3 aromatic rings. The molecule has 2 heterocycles. The monoisotopic (exact) mass is 320 g/mol. The average molecular weight is 320 g/mol. The van der Waals surface area contributed by atoms with E-state index >= 15 is 0 Å². The maximum Gasteiger partial charge on any atom is 0.262 e. The highest BCUT2D eigenvalue weighted by atomic mass is 16.2. The van der Waals surface area contributed by atoms with Crippen molar-refractivity contribution in [3.05, 3.63) is 70.5 Å². The summed E-state index contributed by atoms with van der Waals surface area (Å²) in [5.41, 5.74) is 6.53. The minimum atomic E-state index is -0.803. The van der Waals surface area contributed by atoms with Crippen LogP contribution >= 0.6 is 0 Å². The molecule has 0 bridgehead atoms. The number of nitrogens with two attached hydrogens (primary N) is 1. The van der Waals surface area contributed by atoms with E-state index in [1.165, 1.54) is 4.57 Å². The molecule has 2 aromatic heterocycles. The first-order valence-corrected chi connectivity index (χ1v) is 7.46. The molecule has 0 saturated carbocycles. The molecule has 24 heavy (non-hydrogen) atoms. The Morgan fingerprint density at radius 1 is 1.21 bits per heavy atom. The van der Waals surface area contributed by atoms with Crippen LogP contribution in [0.5, 0.6) is 0 Å². The summed E-state index contributed by atoms with van der Waals surface area (Å²) in [7, 11) is 0. The minimum absolute atomic E-state index is 0.294. The van der Waals surface area contributed by atoms with Gasteiger partial charge in [0.15, 0.2) is 0 Å². The number of primary amides is 1. The molecule has 1 aromatic carbocycles. The van der Waals surface area contributed by atoms with Gasteiger partial charge >= 0.3 is 0 Å². The van der Waals surface area contributed by atoms with Crippen molar-refractivity contribution in [1.82, 2.24) is 14.5 Å². The van der Waals surface area contributed by atoms with Gasteiger partial charge in [-0.25, -0.2) is 4.98 Å². The third-order valence-electron chi connectivity index (χ3n) is 3.74. The maximum absolute atomic E-state index is 12.8. The van der Waals surface area contributed by atoms with E-state index in [-0.39, 0.29) is 5.56 Å². The summed E-state index contributed by atoms with van der Waals surface area (Å²) in [6.07, 6.45) is 6.84. The van der Waals surface area contributed by atoms with Gasteiger partial charge in [-0.1, -0.05) is 18.2 Å². The average Bonchev–Trinajstić information content (AvgIpc) is 2.60. The lowest BCUT2D eigenvalue weighted by atomic mass is 10.2. The van der Waals surface area contributed by atoms with Crippen LogP contribution in [-0.4, -0.2) is 20.4 Å². The Kier molecular flexibility index (Phi) is 4.20. The van der Waals surface area contributed by atoms with E-state index < -0.39 is 11.9 Å². The van der Waals surface area contributed by atoms with Crippen molar-refractivity contribution in [2.24, 2.45) is 5.73 Å². The molecule has 1 atom stereocenters. The normalized spacial score (nSPS) is 12.5. The molecular weight excluding hydrogens is 304 g/mol. The minimum Gasteiger partial charge on any atom is -0.368 e. The van der Waals surface area contributed by atoms with Crippen molar-refractivity contribution in [2.45, 2.75) is 13.0 Å². The van der Waals surface area contributed by atoms with Crippen LogP contribution in [0.25, 0.3) is 23.1 Å². The number of fused-ring (bicyclic) bond motifs is 1. The highest BCUT2D eigenvalue weighted by molar-refractivity contribution is 5.82. The number of aromatic nitrogens is 3. The highest BCUT2D eigenvalue weighted by Gasteiger charge is 2.18. The lowest BCUT2D eigenvalue weighted by Gasteiger charge is -2.15. The van der Waals surface area contributed by atoms with Crippen molar-refractivity contribution < 1.29 is 4.79 Å². The quantitative estimate of drug-likeness (QED) is 0.796. The molecule has 0 aliphatic heterocycles. The standard InChI is InChI=1S/C18H16N4O2/c1-12(17(19)23)22-16(9-8-13-5-4-10-20-11-13)21-15-7-3-2-6-14(15)18(22)24/h2-12H,1H3,(H2,19,23)/b9-8+. The summed E-state index contributed by atoms with van der Waals surface area (Å²) >= 11 is 0. The largest absolute Gasteiger partial charge is 0.368 e. The van der Waals surface area contributed by atoms with E-state index in [0.29, 0.717) is 16.7 Å². The third-order valence-corrected chi connectivity index (χ3v) is 3.74. The van der Waals surface area contributed by atoms with Gasteiger partial charge in [0, 0.05) is 12.4 Å². The zero-order chi connectivity index (χ0) is 17.1. The number of carbonyl (C=O) groups is 1. The van der Waals surface area contributed by atoms with Gasteiger partial charge in [-0.3, -0.25) is 19.1 Å². The molecule has 6 heteroatoms. The fourth-order valence-electron chi connectivity index (χ4n) is 2.43. The Labute approximate surface area is 138 Å². The highest BCUT2D eigenvalue weighted by Crippen LogP contribution is 2.14. The molecule has 0 saturated heterocycles. The van der Waals surface area contributed by atoms with Gasteiger partial charge in [-0.15, -0.1) is 0 Å². The van der Waals surface area contributed by atoms with E-state index in [1.54, 1.807) is 49.7 Å². The van der Waals surface area contributed by atoms with Gasteiger partial charge in [0.05, 0.1) is 10.9 Å². The molecule has 0 fully saturated rings. The van der Waals surface area contributed by atoms with Gasteiger partial charge in [0.2, 0.25) is 5.91 Å². The van der Waals surface area contributed by atoms with Gasteiger partial charge in [0.1, 0.15) is 11.9 Å². The summed E-state index contributed by atoms with van der Waals surface area (Å²) < 4.78 is 1.32. The molecule has 120 valence electrons. The SMILES string of the molecule is CC(C(N)=O)n1c(/C=C/c2cccnc2)nc2ccccc2c1=O. The van der Waals surface area contributed by atoms with E-state index in [2.05, 4.69) is 9.97 Å². The van der Waals surface area contributed by atoms with E-state index in [0.717, 1.165) is 5.56 Å². The predicted octanol–water partition coefficient (Wildman–Crippen LogP) is 2.01. The molecule has 6 nitrogen and oxygen atoms in total. The summed E-state index contributed by atoms with van der Waals surface area (Å²) in [4.78, 5) is 32.9. The maximum atomic E-state index is 12.8. The second-order valence-corrected chi connectivity index (χ2v) is 5.36. The molecule has 0 spiro atoms. The molecule has 0 aliphatic carbocycles. The van der Waals surface area contributed by atoms with Gasteiger partial charge in [-0.2, -0.15) is 0 Å². The Balaban J connectivity index is 2.21. The number of hydrogen-bond donors (Lipinski definition) is 1. The Hall–Kier alpha value is -3.28. The number of carbonyl (C=O) groups excluding carboxylic acids is 1.